The fourth-order valence-electron chi connectivity index (χ4n) is 2.43. The molecule has 2 aromatic rings. The molecule has 2 N–H and O–H groups in total. The van der Waals surface area contributed by atoms with E-state index in [1.165, 1.54) is 18.4 Å². The second kappa shape index (κ2) is 5.29. The average molecular weight is 271 g/mol. The molecule has 3 rings (SSSR count). The van der Waals surface area contributed by atoms with Gasteiger partial charge in [0, 0.05) is 17.6 Å². The van der Waals surface area contributed by atoms with Crippen LogP contribution in [-0.2, 0) is 6.61 Å². The van der Waals surface area contributed by atoms with Crippen molar-refractivity contribution in [1.29, 1.82) is 0 Å². The molecule has 1 fully saturated rings. The molecule has 1 aromatic heterocycles. The fourth-order valence-corrected chi connectivity index (χ4v) is 2.43. The molecule has 1 heterocycles. The lowest BCUT2D eigenvalue weighted by Gasteiger charge is -2.15. The lowest BCUT2D eigenvalue weighted by atomic mass is 10.1. The number of rotatable bonds is 5. The van der Waals surface area contributed by atoms with E-state index >= 15 is 0 Å². The fraction of sp³-hybridized carbons (Fsp3) is 0.438. The van der Waals surface area contributed by atoms with Crippen LogP contribution in [0.3, 0.4) is 0 Å². The van der Waals surface area contributed by atoms with Crippen LogP contribution in [0.1, 0.15) is 48.7 Å². The van der Waals surface area contributed by atoms with Gasteiger partial charge in [-0.25, -0.2) is 4.98 Å². The summed E-state index contributed by atoms with van der Waals surface area (Å²) in [4.78, 5) is 4.23. The number of aryl methyl sites for hydroxylation is 1. The minimum Gasteiger partial charge on any atom is -0.487 e. The van der Waals surface area contributed by atoms with Crippen molar-refractivity contribution >= 4 is 0 Å². The summed E-state index contributed by atoms with van der Waals surface area (Å²) < 4.78 is 8.20. The van der Waals surface area contributed by atoms with E-state index in [0.717, 1.165) is 17.0 Å². The predicted molar refractivity (Wildman–Crippen MR) is 78.6 cm³/mol. The number of benzene rings is 1. The smallest absolute Gasteiger partial charge is 0.130 e. The normalized spacial score (nSPS) is 16.1. The van der Waals surface area contributed by atoms with Crippen LogP contribution in [0.4, 0.5) is 0 Å². The van der Waals surface area contributed by atoms with Gasteiger partial charge in [0.1, 0.15) is 12.4 Å². The van der Waals surface area contributed by atoms with Crippen molar-refractivity contribution < 1.29 is 4.74 Å². The van der Waals surface area contributed by atoms with Crippen molar-refractivity contribution in [3.8, 4) is 5.75 Å². The van der Waals surface area contributed by atoms with Crippen molar-refractivity contribution in [3.05, 3.63) is 47.5 Å². The molecule has 0 radical (unpaired) electrons. The van der Waals surface area contributed by atoms with Crippen LogP contribution in [-0.4, -0.2) is 9.55 Å². The molecule has 1 aliphatic rings. The summed E-state index contributed by atoms with van der Waals surface area (Å²) in [5, 5.41) is 0. The number of ether oxygens (including phenoxy) is 1. The first-order valence-electron chi connectivity index (χ1n) is 7.15. The zero-order valence-corrected chi connectivity index (χ0v) is 12.0. The molecule has 1 atom stereocenters. The zero-order valence-electron chi connectivity index (χ0n) is 12.0. The van der Waals surface area contributed by atoms with E-state index in [1.54, 1.807) is 0 Å². The second-order valence-electron chi connectivity index (χ2n) is 5.64. The molecule has 1 aliphatic carbocycles. The van der Waals surface area contributed by atoms with Crippen LogP contribution in [0.2, 0.25) is 0 Å². The Hall–Kier alpha value is -1.81. The SMILES string of the molecule is Cc1ccc(OCc2cncn2C2CC2)c(C(C)N)c1. The van der Waals surface area contributed by atoms with Gasteiger partial charge in [0.25, 0.3) is 0 Å². The Morgan fingerprint density at radius 3 is 2.95 bits per heavy atom. The number of hydrogen-bond acceptors (Lipinski definition) is 3. The molecule has 0 spiro atoms. The molecular formula is C16H21N3O. The monoisotopic (exact) mass is 271 g/mol. The first-order chi connectivity index (χ1) is 9.65. The predicted octanol–water partition coefficient (Wildman–Crippen LogP) is 3.13. The highest BCUT2D eigenvalue weighted by Crippen LogP contribution is 2.36. The van der Waals surface area contributed by atoms with Gasteiger partial charge in [-0.1, -0.05) is 17.7 Å². The molecule has 1 unspecified atom stereocenters. The minimum atomic E-state index is -0.0294. The van der Waals surface area contributed by atoms with Crippen LogP contribution < -0.4 is 10.5 Å². The molecule has 0 aliphatic heterocycles. The third-order valence-electron chi connectivity index (χ3n) is 3.72. The Balaban J connectivity index is 1.76. The number of nitrogens with two attached hydrogens (primary N) is 1. The Morgan fingerprint density at radius 1 is 1.45 bits per heavy atom. The summed E-state index contributed by atoms with van der Waals surface area (Å²) in [5.41, 5.74) is 9.41. The highest BCUT2D eigenvalue weighted by Gasteiger charge is 2.25. The largest absolute Gasteiger partial charge is 0.487 e. The summed E-state index contributed by atoms with van der Waals surface area (Å²) in [6, 6.07) is 6.75. The van der Waals surface area contributed by atoms with E-state index in [9.17, 15) is 0 Å². The average Bonchev–Trinajstić information content (AvgIpc) is 3.16. The Labute approximate surface area is 119 Å². The summed E-state index contributed by atoms with van der Waals surface area (Å²) in [6.45, 7) is 4.59. The molecule has 20 heavy (non-hydrogen) atoms. The second-order valence-corrected chi connectivity index (χ2v) is 5.64. The van der Waals surface area contributed by atoms with E-state index in [4.69, 9.17) is 10.5 Å². The third kappa shape index (κ3) is 2.70. The number of imidazole rings is 1. The molecule has 1 aromatic carbocycles. The van der Waals surface area contributed by atoms with Gasteiger partial charge < -0.3 is 15.0 Å². The van der Waals surface area contributed by atoms with E-state index in [0.29, 0.717) is 12.6 Å². The quantitative estimate of drug-likeness (QED) is 0.909. The maximum Gasteiger partial charge on any atom is 0.130 e. The summed E-state index contributed by atoms with van der Waals surface area (Å²) in [5.74, 6) is 0.870. The van der Waals surface area contributed by atoms with Crippen LogP contribution in [0.15, 0.2) is 30.7 Å². The molecule has 4 heteroatoms. The number of aromatic nitrogens is 2. The van der Waals surface area contributed by atoms with E-state index in [2.05, 4.69) is 28.6 Å². The van der Waals surface area contributed by atoms with Gasteiger partial charge in [0.05, 0.1) is 18.2 Å². The van der Waals surface area contributed by atoms with Gasteiger partial charge in [0.15, 0.2) is 0 Å². The maximum absolute atomic E-state index is 6.02. The molecular weight excluding hydrogens is 250 g/mol. The van der Waals surface area contributed by atoms with Gasteiger partial charge in [-0.15, -0.1) is 0 Å². The standard InChI is InChI=1S/C16H21N3O/c1-11-3-6-16(15(7-11)12(2)17)20-9-14-8-18-10-19(14)13-4-5-13/h3,6-8,10,12-13H,4-5,9,17H2,1-2H3. The Bertz CT molecular complexity index is 600. The summed E-state index contributed by atoms with van der Waals surface area (Å²) in [7, 11) is 0. The Morgan fingerprint density at radius 2 is 2.25 bits per heavy atom. The molecule has 0 amide bonds. The molecule has 1 saturated carbocycles. The van der Waals surface area contributed by atoms with Gasteiger partial charge >= 0.3 is 0 Å². The Kier molecular flexibility index (Phi) is 3.49. The van der Waals surface area contributed by atoms with Crippen LogP contribution in [0.25, 0.3) is 0 Å². The van der Waals surface area contributed by atoms with Crippen molar-refractivity contribution in [3.63, 3.8) is 0 Å². The van der Waals surface area contributed by atoms with Crippen molar-refractivity contribution in [1.82, 2.24) is 9.55 Å². The number of hydrogen-bond donors (Lipinski definition) is 1. The lowest BCUT2D eigenvalue weighted by molar-refractivity contribution is 0.290. The van der Waals surface area contributed by atoms with Gasteiger partial charge in [-0.2, -0.15) is 0 Å². The number of nitrogens with zero attached hydrogens (tertiary/aromatic N) is 2. The van der Waals surface area contributed by atoms with Crippen molar-refractivity contribution in [2.24, 2.45) is 5.73 Å². The van der Waals surface area contributed by atoms with Crippen LogP contribution in [0.5, 0.6) is 5.75 Å². The summed E-state index contributed by atoms with van der Waals surface area (Å²) >= 11 is 0. The minimum absolute atomic E-state index is 0.0294. The van der Waals surface area contributed by atoms with Gasteiger partial charge in [-0.05, 0) is 32.8 Å². The van der Waals surface area contributed by atoms with Gasteiger partial charge in [-0.3, -0.25) is 0 Å². The first kappa shape index (κ1) is 13.2. The van der Waals surface area contributed by atoms with Crippen LogP contribution >= 0.6 is 0 Å². The van der Waals surface area contributed by atoms with Crippen molar-refractivity contribution in [2.45, 2.75) is 45.4 Å². The van der Waals surface area contributed by atoms with E-state index in [-0.39, 0.29) is 6.04 Å². The summed E-state index contributed by atoms with van der Waals surface area (Å²) in [6.07, 6.45) is 6.29. The van der Waals surface area contributed by atoms with Crippen LogP contribution in [0, 0.1) is 6.92 Å². The lowest BCUT2D eigenvalue weighted by Crippen LogP contribution is -2.09. The molecule has 0 bridgehead atoms. The third-order valence-corrected chi connectivity index (χ3v) is 3.72. The maximum atomic E-state index is 6.02. The van der Waals surface area contributed by atoms with Gasteiger partial charge in [0.2, 0.25) is 0 Å². The highest BCUT2D eigenvalue weighted by atomic mass is 16.5. The first-order valence-corrected chi connectivity index (χ1v) is 7.15. The molecule has 4 nitrogen and oxygen atoms in total. The molecule has 106 valence electrons. The zero-order chi connectivity index (χ0) is 14.1. The molecule has 0 saturated heterocycles. The topological polar surface area (TPSA) is 53.1 Å². The van der Waals surface area contributed by atoms with Crippen molar-refractivity contribution in [2.75, 3.05) is 0 Å². The van der Waals surface area contributed by atoms with E-state index in [1.807, 2.05) is 25.5 Å². The highest BCUT2D eigenvalue weighted by molar-refractivity contribution is 5.38. The van der Waals surface area contributed by atoms with E-state index < -0.39 is 0 Å².